The fourth-order valence-corrected chi connectivity index (χ4v) is 3.43. The normalized spacial score (nSPS) is 14.8. The number of aliphatic carboxylic acids is 1. The molecule has 0 aromatic carbocycles. The van der Waals surface area contributed by atoms with E-state index in [1.807, 2.05) is 20.1 Å². The lowest BCUT2D eigenvalue weighted by atomic mass is 10.00. The summed E-state index contributed by atoms with van der Waals surface area (Å²) in [6.07, 6.45) is 2.41. The van der Waals surface area contributed by atoms with Gasteiger partial charge in [0.15, 0.2) is 0 Å². The predicted octanol–water partition coefficient (Wildman–Crippen LogP) is -0.427. The molecule has 0 spiro atoms. The fraction of sp³-hybridized carbons (Fsp3) is 0.762. The van der Waals surface area contributed by atoms with Crippen LogP contribution in [0.25, 0.3) is 0 Å². The highest BCUT2D eigenvalue weighted by molar-refractivity contribution is 7.98. The number of amides is 4. The molecule has 0 saturated heterocycles. The quantitative estimate of drug-likeness (QED) is 0.168. The largest absolute Gasteiger partial charge is 0.480 e. The number of nitrogens with one attached hydrogen (secondary N) is 3. The molecule has 4 atom stereocenters. The van der Waals surface area contributed by atoms with Crippen LogP contribution in [-0.2, 0) is 24.0 Å². The van der Waals surface area contributed by atoms with E-state index in [1.165, 1.54) is 11.8 Å². The Kier molecular flexibility index (Phi) is 14.4. The molecule has 4 amide bonds. The topological polar surface area (TPSA) is 194 Å². The number of carbonyl (C=O) groups is 5. The molecule has 0 aromatic rings. The zero-order valence-corrected chi connectivity index (χ0v) is 20.9. The predicted molar refractivity (Wildman–Crippen MR) is 127 cm³/mol. The van der Waals surface area contributed by atoms with Crippen molar-refractivity contribution in [3.8, 4) is 0 Å². The highest BCUT2D eigenvalue weighted by Gasteiger charge is 2.31. The Morgan fingerprint density at radius 2 is 1.42 bits per heavy atom. The van der Waals surface area contributed by atoms with Gasteiger partial charge in [-0.05, 0) is 43.1 Å². The Morgan fingerprint density at radius 1 is 0.879 bits per heavy atom. The smallest absolute Gasteiger partial charge is 0.326 e. The zero-order valence-electron chi connectivity index (χ0n) is 20.1. The molecule has 0 saturated carbocycles. The molecule has 0 radical (unpaired) electrons. The molecule has 11 nitrogen and oxygen atoms in total. The van der Waals surface area contributed by atoms with Gasteiger partial charge in [0.05, 0.1) is 6.04 Å². The monoisotopic (exact) mass is 489 g/mol. The van der Waals surface area contributed by atoms with E-state index in [9.17, 15) is 29.1 Å². The summed E-state index contributed by atoms with van der Waals surface area (Å²) in [4.78, 5) is 60.6. The number of nitrogens with two attached hydrogens (primary N) is 2. The number of primary amides is 1. The molecule has 0 aliphatic heterocycles. The van der Waals surface area contributed by atoms with Crippen LogP contribution < -0.4 is 27.4 Å². The highest BCUT2D eigenvalue weighted by atomic mass is 32.2. The van der Waals surface area contributed by atoms with E-state index in [0.717, 1.165) is 0 Å². The van der Waals surface area contributed by atoms with Crippen molar-refractivity contribution >= 4 is 41.4 Å². The van der Waals surface area contributed by atoms with Crippen LogP contribution in [0.3, 0.4) is 0 Å². The summed E-state index contributed by atoms with van der Waals surface area (Å²) in [7, 11) is 0. The van der Waals surface area contributed by atoms with Gasteiger partial charge in [-0.1, -0.05) is 27.7 Å². The maximum Gasteiger partial charge on any atom is 0.326 e. The first-order valence-electron chi connectivity index (χ1n) is 11.0. The van der Waals surface area contributed by atoms with Gasteiger partial charge in [0.1, 0.15) is 18.1 Å². The van der Waals surface area contributed by atoms with Crippen LogP contribution in [0.2, 0.25) is 0 Å². The van der Waals surface area contributed by atoms with Crippen molar-refractivity contribution in [3.05, 3.63) is 0 Å². The van der Waals surface area contributed by atoms with Crippen LogP contribution >= 0.6 is 11.8 Å². The number of hydrogen-bond acceptors (Lipinski definition) is 7. The van der Waals surface area contributed by atoms with E-state index in [1.54, 1.807) is 13.8 Å². The van der Waals surface area contributed by atoms with Crippen molar-refractivity contribution in [2.45, 2.75) is 77.5 Å². The maximum atomic E-state index is 13.0. The van der Waals surface area contributed by atoms with Crippen LogP contribution in [0.5, 0.6) is 0 Å². The minimum absolute atomic E-state index is 0.0323. The van der Waals surface area contributed by atoms with E-state index < -0.39 is 53.8 Å². The van der Waals surface area contributed by atoms with E-state index in [0.29, 0.717) is 12.2 Å². The summed E-state index contributed by atoms with van der Waals surface area (Å²) in [5.74, 6) is -3.29. The molecule has 8 N–H and O–H groups in total. The molecule has 0 aromatic heterocycles. The Labute approximate surface area is 199 Å². The number of rotatable bonds is 16. The standard InChI is InChI=1S/C21H39N5O6S/c1-11(2)10-15(20(30)26-17(12(3)4)21(31)32)25-19(29)14(8-9-33-5)24-18(28)13(22)6-7-16(23)27/h11-15,17H,6-10,22H2,1-5H3,(H2,23,27)(H,24,28)(H,25,29)(H,26,30)(H,31,32). The fourth-order valence-electron chi connectivity index (χ4n) is 2.95. The average molecular weight is 490 g/mol. The second-order valence-corrected chi connectivity index (χ2v) is 9.70. The van der Waals surface area contributed by atoms with Crippen LogP contribution in [-0.4, -0.2) is 70.9 Å². The lowest BCUT2D eigenvalue weighted by Gasteiger charge is -2.26. The lowest BCUT2D eigenvalue weighted by Crippen LogP contribution is -2.58. The minimum atomic E-state index is -1.16. The van der Waals surface area contributed by atoms with Crippen LogP contribution in [0.4, 0.5) is 0 Å². The molecule has 33 heavy (non-hydrogen) atoms. The lowest BCUT2D eigenvalue weighted by molar-refractivity contribution is -0.143. The van der Waals surface area contributed by atoms with Crippen LogP contribution in [0.15, 0.2) is 0 Å². The molecular weight excluding hydrogens is 450 g/mol. The SMILES string of the molecule is CSCCC(NC(=O)C(N)CCC(N)=O)C(=O)NC(CC(C)C)C(=O)NC(C(=O)O)C(C)C. The second-order valence-electron chi connectivity index (χ2n) is 8.71. The maximum absolute atomic E-state index is 13.0. The van der Waals surface area contributed by atoms with Crippen LogP contribution in [0, 0.1) is 11.8 Å². The molecule has 12 heteroatoms. The number of carbonyl (C=O) groups excluding carboxylic acids is 4. The van der Waals surface area contributed by atoms with E-state index >= 15 is 0 Å². The average Bonchev–Trinajstić information content (AvgIpc) is 2.71. The molecule has 4 unspecified atom stereocenters. The Balaban J connectivity index is 5.42. The summed E-state index contributed by atoms with van der Waals surface area (Å²) in [6.45, 7) is 7.08. The van der Waals surface area contributed by atoms with Gasteiger partial charge in [-0.3, -0.25) is 19.2 Å². The van der Waals surface area contributed by atoms with Gasteiger partial charge in [-0.2, -0.15) is 11.8 Å². The number of carboxylic acid groups (broad SMARTS) is 1. The second kappa shape index (κ2) is 15.5. The van der Waals surface area contributed by atoms with E-state index in [4.69, 9.17) is 11.5 Å². The summed E-state index contributed by atoms with van der Waals surface area (Å²) < 4.78 is 0. The van der Waals surface area contributed by atoms with E-state index in [-0.39, 0.29) is 31.1 Å². The zero-order chi connectivity index (χ0) is 25.7. The first-order valence-corrected chi connectivity index (χ1v) is 12.4. The van der Waals surface area contributed by atoms with Gasteiger partial charge >= 0.3 is 5.97 Å². The van der Waals surface area contributed by atoms with Gasteiger partial charge in [0, 0.05) is 6.42 Å². The molecule has 0 bridgehead atoms. The molecule has 0 aliphatic rings. The first kappa shape index (κ1) is 30.7. The Morgan fingerprint density at radius 3 is 1.88 bits per heavy atom. The van der Waals surface area contributed by atoms with Gasteiger partial charge in [0.2, 0.25) is 23.6 Å². The van der Waals surface area contributed by atoms with Gasteiger partial charge < -0.3 is 32.5 Å². The summed E-state index contributed by atoms with van der Waals surface area (Å²) in [5.41, 5.74) is 10.9. The van der Waals surface area contributed by atoms with Gasteiger partial charge in [0.25, 0.3) is 0 Å². The Hall–Kier alpha value is -2.34. The van der Waals surface area contributed by atoms with Crippen molar-refractivity contribution in [3.63, 3.8) is 0 Å². The third kappa shape index (κ3) is 12.5. The van der Waals surface area contributed by atoms with Crippen molar-refractivity contribution in [1.29, 1.82) is 0 Å². The molecular formula is C21H39N5O6S. The van der Waals surface area contributed by atoms with Crippen molar-refractivity contribution < 1.29 is 29.1 Å². The van der Waals surface area contributed by atoms with Crippen molar-refractivity contribution in [2.24, 2.45) is 23.3 Å². The molecule has 0 rings (SSSR count). The summed E-state index contributed by atoms with van der Waals surface area (Å²) in [6, 6.07) is -4.04. The third-order valence-electron chi connectivity index (χ3n) is 4.85. The molecule has 190 valence electrons. The molecule has 0 fully saturated rings. The molecule has 0 aliphatic carbocycles. The number of hydrogen-bond donors (Lipinski definition) is 6. The minimum Gasteiger partial charge on any atom is -0.480 e. The molecule has 0 heterocycles. The Bertz CT molecular complexity index is 688. The third-order valence-corrected chi connectivity index (χ3v) is 5.50. The summed E-state index contributed by atoms with van der Waals surface area (Å²) >= 11 is 1.48. The first-order chi connectivity index (χ1) is 15.3. The number of thioether (sulfide) groups is 1. The van der Waals surface area contributed by atoms with Crippen molar-refractivity contribution in [2.75, 3.05) is 12.0 Å². The number of carboxylic acids is 1. The van der Waals surface area contributed by atoms with Crippen molar-refractivity contribution in [1.82, 2.24) is 16.0 Å². The van der Waals surface area contributed by atoms with Crippen LogP contribution in [0.1, 0.15) is 53.4 Å². The van der Waals surface area contributed by atoms with Gasteiger partial charge in [-0.15, -0.1) is 0 Å². The highest BCUT2D eigenvalue weighted by Crippen LogP contribution is 2.10. The van der Waals surface area contributed by atoms with Gasteiger partial charge in [-0.25, -0.2) is 4.79 Å². The van der Waals surface area contributed by atoms with E-state index in [2.05, 4.69) is 16.0 Å². The summed E-state index contributed by atoms with van der Waals surface area (Å²) in [5, 5.41) is 17.1.